The number of alkyl halides is 3. The number of halogens is 5. The zero-order valence-corrected chi connectivity index (χ0v) is 25.9. The van der Waals surface area contributed by atoms with E-state index in [9.17, 15) is 23.1 Å². The van der Waals surface area contributed by atoms with Crippen molar-refractivity contribution in [1.82, 2.24) is 5.32 Å². The van der Waals surface area contributed by atoms with Gasteiger partial charge in [0.05, 0.1) is 22.0 Å². The number of nitrogens with zero attached hydrogens (tertiary/aromatic N) is 1. The topological polar surface area (TPSA) is 64.6 Å². The van der Waals surface area contributed by atoms with E-state index in [-0.39, 0.29) is 23.4 Å². The second-order valence-electron chi connectivity index (χ2n) is 10.9. The van der Waals surface area contributed by atoms with Gasteiger partial charge in [-0.2, -0.15) is 13.2 Å². The predicted molar refractivity (Wildman–Crippen MR) is 168 cm³/mol. The molecule has 1 aliphatic rings. The van der Waals surface area contributed by atoms with Crippen molar-refractivity contribution in [3.8, 4) is 16.9 Å². The maximum absolute atomic E-state index is 15.4. The second kappa shape index (κ2) is 12.5. The Bertz CT molecular complexity index is 1600. The van der Waals surface area contributed by atoms with Gasteiger partial charge in [-0.3, -0.25) is 0 Å². The van der Waals surface area contributed by atoms with Gasteiger partial charge in [-0.25, -0.2) is 9.18 Å². The number of phenolic OH excluding ortho intramolecular Hbond substituents is 1. The van der Waals surface area contributed by atoms with Crippen LogP contribution in [0.4, 0.5) is 39.4 Å². The van der Waals surface area contributed by atoms with Gasteiger partial charge >= 0.3 is 12.2 Å². The molecule has 1 aliphatic heterocycles. The summed E-state index contributed by atoms with van der Waals surface area (Å²) in [6.07, 6.45) is -4.25. The van der Waals surface area contributed by atoms with Crippen molar-refractivity contribution >= 4 is 46.5 Å². The lowest BCUT2D eigenvalue weighted by molar-refractivity contribution is -0.0843. The highest BCUT2D eigenvalue weighted by Crippen LogP contribution is 2.54. The van der Waals surface area contributed by atoms with Gasteiger partial charge in [-0.1, -0.05) is 74.0 Å². The van der Waals surface area contributed by atoms with E-state index in [1.807, 2.05) is 18.7 Å². The maximum atomic E-state index is 15.4. The van der Waals surface area contributed by atoms with Gasteiger partial charge in [-0.05, 0) is 61.1 Å². The highest BCUT2D eigenvalue weighted by atomic mass is 35.5. The Hall–Kier alpha value is -3.63. The summed E-state index contributed by atoms with van der Waals surface area (Å²) in [4.78, 5) is 14.0. The molecule has 3 aromatic carbocycles. The summed E-state index contributed by atoms with van der Waals surface area (Å²) < 4.78 is 55.8. The molecule has 1 heterocycles. The van der Waals surface area contributed by atoms with Gasteiger partial charge in [-0.15, -0.1) is 0 Å². The standard InChI is InChI=1S/C32H32ClF4N3O2S/c1-6-18(2)29(32(35,36)37)43-16-19(3)38-30(42)39-23-9-7-8-10-24(23)40-17-31(4,5)27-26(20-11-13-21(33)14-12-20)22(34)15-25(41)28(27)40/h7-16,41H,6,17H2,1-5H3,(H2,38,39,42)/b19-16+,29-18+. The van der Waals surface area contributed by atoms with Gasteiger partial charge in [0.1, 0.15) is 11.6 Å². The third-order valence-electron chi connectivity index (χ3n) is 7.15. The Balaban J connectivity index is 1.65. The Morgan fingerprint density at radius 3 is 2.42 bits per heavy atom. The van der Waals surface area contributed by atoms with Crippen LogP contribution < -0.4 is 15.5 Å². The number of benzene rings is 3. The summed E-state index contributed by atoms with van der Waals surface area (Å²) in [5.74, 6) is -0.821. The van der Waals surface area contributed by atoms with E-state index in [1.165, 1.54) is 19.3 Å². The lowest BCUT2D eigenvalue weighted by Gasteiger charge is -2.25. The smallest absolute Gasteiger partial charge is 0.422 e. The molecule has 0 fully saturated rings. The maximum Gasteiger partial charge on any atom is 0.422 e. The zero-order chi connectivity index (χ0) is 31.7. The fourth-order valence-electron chi connectivity index (χ4n) is 5.11. The molecule has 0 saturated heterocycles. The number of hydrogen-bond donors (Lipinski definition) is 3. The summed E-state index contributed by atoms with van der Waals surface area (Å²) in [6, 6.07) is 14.1. The lowest BCUT2D eigenvalue weighted by Crippen LogP contribution is -2.29. The average molecular weight is 634 g/mol. The SMILES string of the molecule is CC/C(C)=C(/S/C=C(\C)NC(=O)Nc1ccccc1N1CC(C)(C)c2c(-c3ccc(Cl)cc3)c(F)cc(O)c21)C(F)(F)F. The Kier molecular flexibility index (Phi) is 9.42. The van der Waals surface area contributed by atoms with E-state index in [0.717, 1.165) is 6.07 Å². The number of aromatic hydroxyl groups is 1. The fraction of sp³-hybridized carbons (Fsp3) is 0.281. The molecule has 0 saturated carbocycles. The average Bonchev–Trinajstić information content (AvgIpc) is 3.20. The van der Waals surface area contributed by atoms with Crippen LogP contribution in [0.5, 0.6) is 5.75 Å². The number of carbonyl (C=O) groups is 1. The summed E-state index contributed by atoms with van der Waals surface area (Å²) in [7, 11) is 0. The number of rotatable bonds is 7. The normalized spacial score (nSPS) is 15.2. The van der Waals surface area contributed by atoms with Crippen molar-refractivity contribution in [2.75, 3.05) is 16.8 Å². The summed E-state index contributed by atoms with van der Waals surface area (Å²) in [6.45, 7) is 8.83. The van der Waals surface area contributed by atoms with Crippen LogP contribution >= 0.6 is 23.4 Å². The largest absolute Gasteiger partial charge is 0.506 e. The van der Waals surface area contributed by atoms with Crippen LogP contribution in [-0.4, -0.2) is 23.9 Å². The number of fused-ring (bicyclic) bond motifs is 1. The van der Waals surface area contributed by atoms with Crippen LogP contribution in [0.2, 0.25) is 5.02 Å². The Labute approximate surface area is 257 Å². The number of thioether (sulfide) groups is 1. The second-order valence-corrected chi connectivity index (χ2v) is 12.2. The number of hydrogen-bond acceptors (Lipinski definition) is 4. The summed E-state index contributed by atoms with van der Waals surface area (Å²) in [5, 5.41) is 18.1. The number of nitrogens with one attached hydrogen (secondary N) is 2. The quantitative estimate of drug-likeness (QED) is 0.227. The van der Waals surface area contributed by atoms with Crippen LogP contribution in [0.25, 0.3) is 11.1 Å². The highest BCUT2D eigenvalue weighted by molar-refractivity contribution is 8.05. The number of amides is 2. The minimum absolute atomic E-state index is 0.205. The van der Waals surface area contributed by atoms with E-state index >= 15 is 4.39 Å². The molecule has 3 aromatic rings. The van der Waals surface area contributed by atoms with Gasteiger partial charge in [0.15, 0.2) is 0 Å². The number of allylic oxidation sites excluding steroid dienone is 3. The van der Waals surface area contributed by atoms with Crippen molar-refractivity contribution in [2.45, 2.75) is 52.6 Å². The van der Waals surface area contributed by atoms with Crippen LogP contribution in [-0.2, 0) is 5.41 Å². The van der Waals surface area contributed by atoms with Crippen molar-refractivity contribution in [3.05, 3.63) is 92.6 Å². The monoisotopic (exact) mass is 633 g/mol. The molecule has 4 rings (SSSR count). The fourth-order valence-corrected chi connectivity index (χ4v) is 6.07. The van der Waals surface area contributed by atoms with Gasteiger partial charge < -0.3 is 20.6 Å². The summed E-state index contributed by atoms with van der Waals surface area (Å²) >= 11 is 6.58. The Morgan fingerprint density at radius 1 is 1.14 bits per heavy atom. The van der Waals surface area contributed by atoms with Gasteiger partial charge in [0, 0.05) is 34.3 Å². The molecule has 0 aromatic heterocycles. The van der Waals surface area contributed by atoms with Crippen molar-refractivity contribution < 1.29 is 27.5 Å². The highest BCUT2D eigenvalue weighted by Gasteiger charge is 2.42. The van der Waals surface area contributed by atoms with Crippen LogP contribution in [0.1, 0.15) is 46.6 Å². The molecule has 5 nitrogen and oxygen atoms in total. The van der Waals surface area contributed by atoms with E-state index in [2.05, 4.69) is 10.6 Å². The van der Waals surface area contributed by atoms with E-state index in [4.69, 9.17) is 11.6 Å². The van der Waals surface area contributed by atoms with E-state index < -0.39 is 28.3 Å². The molecule has 11 heteroatoms. The molecule has 0 aliphatic carbocycles. The molecule has 0 bridgehead atoms. The predicted octanol–water partition coefficient (Wildman–Crippen LogP) is 10.2. The molecule has 0 unspecified atom stereocenters. The van der Waals surface area contributed by atoms with Gasteiger partial charge in [0.2, 0.25) is 0 Å². The number of phenols is 1. The zero-order valence-electron chi connectivity index (χ0n) is 24.3. The van der Waals surface area contributed by atoms with Crippen LogP contribution in [0, 0.1) is 5.82 Å². The van der Waals surface area contributed by atoms with Crippen molar-refractivity contribution in [1.29, 1.82) is 0 Å². The minimum atomic E-state index is -4.50. The third kappa shape index (κ3) is 6.96. The molecule has 228 valence electrons. The first kappa shape index (κ1) is 32.3. The first-order valence-electron chi connectivity index (χ1n) is 13.5. The van der Waals surface area contributed by atoms with Crippen molar-refractivity contribution in [3.63, 3.8) is 0 Å². The minimum Gasteiger partial charge on any atom is -0.506 e. The molecule has 0 radical (unpaired) electrons. The number of urea groups is 1. The molecule has 2 amide bonds. The van der Waals surface area contributed by atoms with E-state index in [0.29, 0.717) is 57.1 Å². The van der Waals surface area contributed by atoms with Crippen LogP contribution in [0.15, 0.2) is 76.2 Å². The molecule has 0 spiro atoms. The molecule has 0 atom stereocenters. The molecule has 43 heavy (non-hydrogen) atoms. The van der Waals surface area contributed by atoms with Gasteiger partial charge in [0.25, 0.3) is 0 Å². The lowest BCUT2D eigenvalue weighted by atomic mass is 9.81. The number of para-hydroxylation sites is 2. The molecular weight excluding hydrogens is 602 g/mol. The Morgan fingerprint density at radius 2 is 1.79 bits per heavy atom. The first-order chi connectivity index (χ1) is 20.1. The third-order valence-corrected chi connectivity index (χ3v) is 8.69. The van der Waals surface area contributed by atoms with Crippen LogP contribution in [0.3, 0.4) is 0 Å². The number of carbonyl (C=O) groups excluding carboxylic acids is 1. The van der Waals surface area contributed by atoms with E-state index in [1.54, 1.807) is 55.5 Å². The number of anilines is 3. The van der Waals surface area contributed by atoms with Crippen molar-refractivity contribution in [2.24, 2.45) is 0 Å². The molecular formula is C32H32ClF4N3O2S. The molecule has 3 N–H and O–H groups in total. The first-order valence-corrected chi connectivity index (χ1v) is 14.8. The summed E-state index contributed by atoms with van der Waals surface area (Å²) in [5.41, 5.74) is 2.73.